The van der Waals surface area contributed by atoms with Crippen molar-refractivity contribution in [1.82, 2.24) is 4.72 Å². The lowest BCUT2D eigenvalue weighted by Crippen LogP contribution is -2.36. The van der Waals surface area contributed by atoms with Crippen LogP contribution in [0.4, 0.5) is 4.39 Å². The van der Waals surface area contributed by atoms with Gasteiger partial charge in [-0.3, -0.25) is 4.79 Å². The number of rotatable bonds is 6. The van der Waals surface area contributed by atoms with Crippen molar-refractivity contribution in [3.05, 3.63) is 29.6 Å². The van der Waals surface area contributed by atoms with Crippen LogP contribution in [0.1, 0.15) is 25.3 Å². The number of aliphatic carboxylic acids is 1. The van der Waals surface area contributed by atoms with Crippen LogP contribution in [0.2, 0.25) is 0 Å². The van der Waals surface area contributed by atoms with Gasteiger partial charge in [0, 0.05) is 6.04 Å². The molecule has 5 nitrogen and oxygen atoms in total. The Hall–Kier alpha value is -1.47. The second-order valence-electron chi connectivity index (χ2n) is 4.24. The second kappa shape index (κ2) is 6.12. The highest BCUT2D eigenvalue weighted by molar-refractivity contribution is 7.89. The van der Waals surface area contributed by atoms with E-state index in [2.05, 4.69) is 4.72 Å². The van der Waals surface area contributed by atoms with Crippen molar-refractivity contribution >= 4 is 16.0 Å². The zero-order valence-corrected chi connectivity index (χ0v) is 11.5. The van der Waals surface area contributed by atoms with Crippen LogP contribution in [0.25, 0.3) is 0 Å². The molecule has 0 saturated heterocycles. The van der Waals surface area contributed by atoms with E-state index >= 15 is 0 Å². The summed E-state index contributed by atoms with van der Waals surface area (Å²) in [4.78, 5) is 10.4. The SMILES string of the molecule is CCC(CC(=O)O)NS(=O)(=O)c1ccc(C)c(F)c1. The highest BCUT2D eigenvalue weighted by Gasteiger charge is 2.21. The number of nitrogens with one attached hydrogen (secondary N) is 1. The predicted octanol–water partition coefficient (Wildman–Crippen LogP) is 1.67. The molecule has 7 heteroatoms. The maximum atomic E-state index is 13.4. The van der Waals surface area contributed by atoms with Crippen molar-refractivity contribution < 1.29 is 22.7 Å². The molecule has 0 aliphatic carbocycles. The normalized spacial score (nSPS) is 13.2. The first-order valence-corrected chi connectivity index (χ1v) is 7.25. The van der Waals surface area contributed by atoms with Crippen molar-refractivity contribution in [2.45, 2.75) is 37.6 Å². The van der Waals surface area contributed by atoms with E-state index < -0.39 is 27.9 Å². The quantitative estimate of drug-likeness (QED) is 0.834. The molecule has 19 heavy (non-hydrogen) atoms. The van der Waals surface area contributed by atoms with Gasteiger partial charge in [0.2, 0.25) is 10.0 Å². The van der Waals surface area contributed by atoms with Crippen LogP contribution >= 0.6 is 0 Å². The van der Waals surface area contributed by atoms with Gasteiger partial charge in [-0.1, -0.05) is 13.0 Å². The first-order chi connectivity index (χ1) is 8.76. The number of hydrogen-bond acceptors (Lipinski definition) is 3. The molecule has 0 fully saturated rings. The van der Waals surface area contributed by atoms with Crippen molar-refractivity contribution in [3.8, 4) is 0 Å². The summed E-state index contributed by atoms with van der Waals surface area (Å²) in [5, 5.41) is 8.67. The first kappa shape index (κ1) is 15.6. The van der Waals surface area contributed by atoms with Crippen LogP contribution in [0, 0.1) is 12.7 Å². The van der Waals surface area contributed by atoms with Crippen molar-refractivity contribution in [2.75, 3.05) is 0 Å². The van der Waals surface area contributed by atoms with Gasteiger partial charge in [-0.25, -0.2) is 17.5 Å². The minimum Gasteiger partial charge on any atom is -0.481 e. The fraction of sp³-hybridized carbons (Fsp3) is 0.417. The molecular formula is C12H16FNO4S. The first-order valence-electron chi connectivity index (χ1n) is 5.76. The summed E-state index contributed by atoms with van der Waals surface area (Å²) >= 11 is 0. The predicted molar refractivity (Wildman–Crippen MR) is 67.8 cm³/mol. The second-order valence-corrected chi connectivity index (χ2v) is 5.95. The van der Waals surface area contributed by atoms with Crippen molar-refractivity contribution in [2.24, 2.45) is 0 Å². The van der Waals surface area contributed by atoms with Gasteiger partial charge in [-0.2, -0.15) is 0 Å². The maximum absolute atomic E-state index is 13.4. The van der Waals surface area contributed by atoms with Crippen LogP contribution in [-0.4, -0.2) is 25.5 Å². The summed E-state index contributed by atoms with van der Waals surface area (Å²) in [5.74, 6) is -1.71. The average molecular weight is 289 g/mol. The molecule has 0 aromatic heterocycles. The highest BCUT2D eigenvalue weighted by atomic mass is 32.2. The van der Waals surface area contributed by atoms with Gasteiger partial charge in [0.1, 0.15) is 5.82 Å². The van der Waals surface area contributed by atoms with Crippen LogP contribution in [0.3, 0.4) is 0 Å². The van der Waals surface area contributed by atoms with Gasteiger partial charge >= 0.3 is 5.97 Å². The van der Waals surface area contributed by atoms with Crippen LogP contribution in [-0.2, 0) is 14.8 Å². The molecule has 1 atom stereocenters. The molecule has 1 aromatic carbocycles. The van der Waals surface area contributed by atoms with Crippen molar-refractivity contribution in [1.29, 1.82) is 0 Å². The molecule has 1 rings (SSSR count). The fourth-order valence-corrected chi connectivity index (χ4v) is 2.84. The minimum absolute atomic E-state index is 0.209. The lowest BCUT2D eigenvalue weighted by Gasteiger charge is -2.15. The Bertz CT molecular complexity index is 571. The molecule has 1 unspecified atom stereocenters. The van der Waals surface area contributed by atoms with Crippen LogP contribution < -0.4 is 4.72 Å². The molecule has 0 bridgehead atoms. The van der Waals surface area contributed by atoms with Gasteiger partial charge in [0.05, 0.1) is 11.3 Å². The summed E-state index contributed by atoms with van der Waals surface area (Å²) in [7, 11) is -3.91. The van der Waals surface area contributed by atoms with E-state index in [-0.39, 0.29) is 11.3 Å². The zero-order valence-electron chi connectivity index (χ0n) is 10.7. The lowest BCUT2D eigenvalue weighted by atomic mass is 10.2. The van der Waals surface area contributed by atoms with E-state index in [1.54, 1.807) is 6.92 Å². The average Bonchev–Trinajstić information content (AvgIpc) is 2.30. The Kier molecular flexibility index (Phi) is 5.02. The highest BCUT2D eigenvalue weighted by Crippen LogP contribution is 2.15. The summed E-state index contributed by atoms with van der Waals surface area (Å²) < 4.78 is 39.6. The summed E-state index contributed by atoms with van der Waals surface area (Å²) in [6, 6.07) is 2.85. The van der Waals surface area contributed by atoms with E-state index in [4.69, 9.17) is 5.11 Å². The Morgan fingerprint density at radius 3 is 2.58 bits per heavy atom. The molecule has 2 N–H and O–H groups in total. The van der Waals surface area contributed by atoms with E-state index in [0.717, 1.165) is 6.07 Å². The standard InChI is InChI=1S/C12H16FNO4S/c1-3-9(6-12(15)16)14-19(17,18)10-5-4-8(2)11(13)7-10/h4-5,7,9,14H,3,6H2,1-2H3,(H,15,16). The van der Waals surface area contributed by atoms with E-state index in [1.807, 2.05) is 0 Å². The molecule has 0 heterocycles. The molecule has 0 spiro atoms. The lowest BCUT2D eigenvalue weighted by molar-refractivity contribution is -0.137. The molecular weight excluding hydrogens is 273 g/mol. The monoisotopic (exact) mass is 289 g/mol. The number of carboxylic acids is 1. The van der Waals surface area contributed by atoms with Gasteiger partial charge in [-0.05, 0) is 31.0 Å². The molecule has 0 aliphatic rings. The molecule has 0 aliphatic heterocycles. The molecule has 0 radical (unpaired) electrons. The number of hydrogen-bond donors (Lipinski definition) is 2. The van der Waals surface area contributed by atoms with E-state index in [0.29, 0.717) is 12.0 Å². The van der Waals surface area contributed by atoms with Crippen molar-refractivity contribution in [3.63, 3.8) is 0 Å². The number of aryl methyl sites for hydroxylation is 1. The third-order valence-corrected chi connectivity index (χ3v) is 4.21. The Labute approximate surface area is 111 Å². The third kappa shape index (κ3) is 4.29. The van der Waals surface area contributed by atoms with E-state index in [1.165, 1.54) is 19.1 Å². The summed E-state index contributed by atoms with van der Waals surface area (Å²) in [5.41, 5.74) is 0.344. The number of halogens is 1. The minimum atomic E-state index is -3.91. The molecule has 0 amide bonds. The van der Waals surface area contributed by atoms with Gasteiger partial charge in [0.15, 0.2) is 0 Å². The molecule has 0 saturated carbocycles. The summed E-state index contributed by atoms with van der Waals surface area (Å²) in [6.45, 7) is 3.20. The number of carbonyl (C=O) groups is 1. The fourth-order valence-electron chi connectivity index (χ4n) is 1.51. The van der Waals surface area contributed by atoms with E-state index in [9.17, 15) is 17.6 Å². The maximum Gasteiger partial charge on any atom is 0.304 e. The smallest absolute Gasteiger partial charge is 0.304 e. The summed E-state index contributed by atoms with van der Waals surface area (Å²) in [6.07, 6.45) is 0.0178. The largest absolute Gasteiger partial charge is 0.481 e. The number of benzene rings is 1. The topological polar surface area (TPSA) is 83.5 Å². The Balaban J connectivity index is 2.96. The molecule has 106 valence electrons. The number of carboxylic acid groups (broad SMARTS) is 1. The third-order valence-electron chi connectivity index (χ3n) is 2.69. The number of sulfonamides is 1. The zero-order chi connectivity index (χ0) is 14.6. The van der Waals surface area contributed by atoms with Crippen LogP contribution in [0.15, 0.2) is 23.1 Å². The molecule has 1 aromatic rings. The van der Waals surface area contributed by atoms with Gasteiger partial charge < -0.3 is 5.11 Å². The Morgan fingerprint density at radius 1 is 1.47 bits per heavy atom. The van der Waals surface area contributed by atoms with Gasteiger partial charge in [0.25, 0.3) is 0 Å². The Morgan fingerprint density at radius 2 is 2.11 bits per heavy atom. The van der Waals surface area contributed by atoms with Crippen LogP contribution in [0.5, 0.6) is 0 Å². The van der Waals surface area contributed by atoms with Gasteiger partial charge in [-0.15, -0.1) is 0 Å².